The number of amides is 3. The standard InChI is InChI=1S/C56H59N7O6/c1-36-26-40-8-6-7-9-42(40)34-62(36)54(66)50-29-43-33-61(53(65)27-39-10-16-47(17-11-39)68-24-22-60-23-25-69-56(35-60)19-20-56)21-18-41(43)28-49(50)52-31-48(37(2)59(52)5)55(67)63(44-12-14-46(64)15-13-44)51-30-45(32-57)58(4)38(51)3/h6-17,28-31,36,64H,18-27,33-35H2,1-5H3/t36-/m1/s1. The van der Waals surface area contributed by atoms with E-state index in [0.717, 1.165) is 79.2 Å². The predicted molar refractivity (Wildman–Crippen MR) is 264 cm³/mol. The number of carbonyl (C=O) groups excluding carboxylic acids is 3. The van der Waals surface area contributed by atoms with Gasteiger partial charge in [0.1, 0.15) is 29.9 Å². The van der Waals surface area contributed by atoms with E-state index in [1.54, 1.807) is 34.7 Å². The van der Waals surface area contributed by atoms with Crippen LogP contribution in [0.4, 0.5) is 11.4 Å². The molecular weight excluding hydrogens is 867 g/mol. The molecule has 6 aromatic rings. The number of morpholine rings is 1. The van der Waals surface area contributed by atoms with Gasteiger partial charge in [0, 0.05) is 93.3 Å². The van der Waals surface area contributed by atoms with Crippen LogP contribution >= 0.6 is 0 Å². The van der Waals surface area contributed by atoms with Gasteiger partial charge >= 0.3 is 0 Å². The summed E-state index contributed by atoms with van der Waals surface area (Å²) in [6.07, 6.45) is 3.88. The van der Waals surface area contributed by atoms with Crippen molar-refractivity contribution in [3.63, 3.8) is 0 Å². The number of carbonyl (C=O) groups is 3. The lowest BCUT2D eigenvalue weighted by molar-refractivity contribution is -0.131. The number of benzene rings is 4. The molecule has 69 heavy (non-hydrogen) atoms. The van der Waals surface area contributed by atoms with Crippen LogP contribution in [-0.4, -0.2) is 97.7 Å². The summed E-state index contributed by atoms with van der Waals surface area (Å²) >= 11 is 0. The van der Waals surface area contributed by atoms with Crippen molar-refractivity contribution in [2.75, 3.05) is 44.3 Å². The topological polar surface area (TPSA) is 137 Å². The molecule has 1 N–H and O–H groups in total. The first-order valence-corrected chi connectivity index (χ1v) is 24.1. The number of nitriles is 1. The molecule has 3 amide bonds. The van der Waals surface area contributed by atoms with Gasteiger partial charge in [-0.05, 0) is 135 Å². The number of hydrogen-bond acceptors (Lipinski definition) is 8. The molecule has 1 saturated heterocycles. The van der Waals surface area contributed by atoms with Crippen molar-refractivity contribution in [1.29, 1.82) is 5.26 Å². The maximum absolute atomic E-state index is 15.2. The highest BCUT2D eigenvalue weighted by molar-refractivity contribution is 6.13. The van der Waals surface area contributed by atoms with E-state index >= 15 is 9.59 Å². The second-order valence-corrected chi connectivity index (χ2v) is 19.4. The Labute approximate surface area is 403 Å². The average Bonchev–Trinajstić information content (AvgIpc) is 3.94. The van der Waals surface area contributed by atoms with Crippen LogP contribution < -0.4 is 9.64 Å². The van der Waals surface area contributed by atoms with Crippen LogP contribution in [0.2, 0.25) is 0 Å². The Hall–Kier alpha value is -7.14. The molecule has 0 radical (unpaired) electrons. The monoisotopic (exact) mass is 925 g/mol. The second kappa shape index (κ2) is 18.4. The van der Waals surface area contributed by atoms with Gasteiger partial charge in [-0.15, -0.1) is 0 Å². The minimum absolute atomic E-state index is 0.0174. The number of phenolic OH excluding ortho intramolecular Hbond substituents is 1. The molecule has 1 atom stereocenters. The number of fused-ring (bicyclic) bond motifs is 2. The van der Waals surface area contributed by atoms with Crippen LogP contribution in [0.15, 0.2) is 97.1 Å². The van der Waals surface area contributed by atoms with Gasteiger partial charge in [-0.2, -0.15) is 5.26 Å². The molecule has 0 unspecified atom stereocenters. The Morgan fingerprint density at radius 1 is 0.855 bits per heavy atom. The minimum atomic E-state index is -0.323. The number of anilines is 2. The van der Waals surface area contributed by atoms with Crippen molar-refractivity contribution >= 4 is 29.1 Å². The summed E-state index contributed by atoms with van der Waals surface area (Å²) in [5.74, 6) is 0.430. The zero-order valence-corrected chi connectivity index (χ0v) is 40.1. The third-order valence-corrected chi connectivity index (χ3v) is 15.0. The van der Waals surface area contributed by atoms with Crippen molar-refractivity contribution in [3.8, 4) is 28.8 Å². The van der Waals surface area contributed by atoms with E-state index in [1.165, 1.54) is 17.7 Å². The molecule has 1 spiro atoms. The highest BCUT2D eigenvalue weighted by Crippen LogP contribution is 2.42. The molecule has 2 fully saturated rings. The minimum Gasteiger partial charge on any atom is -0.508 e. The number of nitrogens with zero attached hydrogens (tertiary/aromatic N) is 7. The zero-order chi connectivity index (χ0) is 48.1. The summed E-state index contributed by atoms with van der Waals surface area (Å²) < 4.78 is 15.8. The van der Waals surface area contributed by atoms with E-state index < -0.39 is 0 Å². The van der Waals surface area contributed by atoms with Crippen LogP contribution in [0.5, 0.6) is 11.5 Å². The summed E-state index contributed by atoms with van der Waals surface area (Å²) in [6, 6.07) is 32.3. The molecule has 1 saturated carbocycles. The quantitative estimate of drug-likeness (QED) is 0.138. The van der Waals surface area contributed by atoms with Gasteiger partial charge in [-0.1, -0.05) is 36.4 Å². The largest absolute Gasteiger partial charge is 0.508 e. The summed E-state index contributed by atoms with van der Waals surface area (Å²) in [7, 11) is 3.70. The number of aromatic nitrogens is 2. The maximum Gasteiger partial charge on any atom is 0.264 e. The Morgan fingerprint density at radius 3 is 2.33 bits per heavy atom. The second-order valence-electron chi connectivity index (χ2n) is 19.4. The van der Waals surface area contributed by atoms with Crippen molar-refractivity contribution in [2.45, 2.75) is 77.6 Å². The van der Waals surface area contributed by atoms with E-state index in [-0.39, 0.29) is 41.5 Å². The smallest absolute Gasteiger partial charge is 0.264 e. The lowest BCUT2D eigenvalue weighted by atomic mass is 9.89. The summed E-state index contributed by atoms with van der Waals surface area (Å²) in [5, 5.41) is 20.1. The number of phenols is 1. The van der Waals surface area contributed by atoms with E-state index in [0.29, 0.717) is 77.8 Å². The van der Waals surface area contributed by atoms with Crippen molar-refractivity contribution < 1.29 is 29.0 Å². The van der Waals surface area contributed by atoms with Gasteiger partial charge in [0.2, 0.25) is 5.91 Å². The number of ether oxygens (including phenoxy) is 2. The third-order valence-electron chi connectivity index (χ3n) is 15.0. The summed E-state index contributed by atoms with van der Waals surface area (Å²) in [5.41, 5.74) is 10.6. The fourth-order valence-corrected chi connectivity index (χ4v) is 10.4. The molecule has 354 valence electrons. The molecule has 1 aliphatic carbocycles. The Kier molecular flexibility index (Phi) is 12.2. The Balaban J connectivity index is 0.935. The molecule has 2 aromatic heterocycles. The highest BCUT2D eigenvalue weighted by atomic mass is 16.5. The van der Waals surface area contributed by atoms with Gasteiger partial charge < -0.3 is 33.5 Å². The lowest BCUT2D eigenvalue weighted by Gasteiger charge is -2.36. The lowest BCUT2D eigenvalue weighted by Crippen LogP contribution is -2.45. The molecule has 4 aromatic carbocycles. The van der Waals surface area contributed by atoms with Gasteiger partial charge in [-0.25, -0.2) is 0 Å². The number of hydrogen-bond donors (Lipinski definition) is 1. The van der Waals surface area contributed by atoms with Crippen LogP contribution in [0, 0.1) is 25.2 Å². The summed E-state index contributed by atoms with van der Waals surface area (Å²) in [6.45, 7) is 11.4. The fourth-order valence-electron chi connectivity index (χ4n) is 10.4. The zero-order valence-electron chi connectivity index (χ0n) is 40.1. The number of rotatable bonds is 11. The third kappa shape index (κ3) is 8.91. The first kappa shape index (κ1) is 45.6. The van der Waals surface area contributed by atoms with Crippen LogP contribution in [0.3, 0.4) is 0 Å². The van der Waals surface area contributed by atoms with E-state index in [2.05, 4.69) is 36.1 Å². The number of aromatic hydroxyl groups is 1. The fraction of sp³-hybridized carbons (Fsp3) is 0.357. The SMILES string of the molecule is Cc1c(N(C(=O)c2cc(-c3cc4c(cc3C(=O)N3Cc5ccccc5C[C@H]3C)CN(C(=O)Cc3ccc(OCCN5CCOC6(CC6)C5)cc3)CC4)n(C)c2C)c2ccc(O)cc2)cc(C#N)n1C. The molecule has 5 heterocycles. The first-order valence-electron chi connectivity index (χ1n) is 24.1. The van der Waals surface area contributed by atoms with E-state index in [1.807, 2.05) is 83.8 Å². The summed E-state index contributed by atoms with van der Waals surface area (Å²) in [4.78, 5) is 52.1. The van der Waals surface area contributed by atoms with Crippen LogP contribution in [-0.2, 0) is 56.0 Å². The average molecular weight is 926 g/mol. The maximum atomic E-state index is 15.2. The Bertz CT molecular complexity index is 3010. The normalized spacial score (nSPS) is 17.2. The van der Waals surface area contributed by atoms with Crippen LogP contribution in [0.25, 0.3) is 11.3 Å². The van der Waals surface area contributed by atoms with E-state index in [4.69, 9.17) is 9.47 Å². The van der Waals surface area contributed by atoms with Crippen LogP contribution in [0.1, 0.15) is 85.4 Å². The molecule has 4 aliphatic rings. The predicted octanol–water partition coefficient (Wildman–Crippen LogP) is 8.16. The van der Waals surface area contributed by atoms with Gasteiger partial charge in [-0.3, -0.25) is 24.2 Å². The molecule has 3 aliphatic heterocycles. The van der Waals surface area contributed by atoms with Gasteiger partial charge in [0.15, 0.2) is 0 Å². The molecule has 10 rings (SSSR count). The molecule has 13 nitrogen and oxygen atoms in total. The molecule has 0 bridgehead atoms. The van der Waals surface area contributed by atoms with E-state index in [9.17, 15) is 15.2 Å². The van der Waals surface area contributed by atoms with Gasteiger partial charge in [0.05, 0.1) is 29.9 Å². The molecular formula is C56H59N7O6. The van der Waals surface area contributed by atoms with Crippen molar-refractivity contribution in [1.82, 2.24) is 23.8 Å². The van der Waals surface area contributed by atoms with Gasteiger partial charge in [0.25, 0.3) is 11.8 Å². The highest BCUT2D eigenvalue weighted by Gasteiger charge is 2.47. The molecule has 13 heteroatoms. The Morgan fingerprint density at radius 2 is 1.61 bits per heavy atom. The van der Waals surface area contributed by atoms with Crippen molar-refractivity contribution in [2.24, 2.45) is 14.1 Å². The first-order chi connectivity index (χ1) is 33.3. The van der Waals surface area contributed by atoms with Crippen molar-refractivity contribution in [3.05, 3.63) is 153 Å².